The van der Waals surface area contributed by atoms with Crippen molar-refractivity contribution in [2.24, 2.45) is 0 Å². The summed E-state index contributed by atoms with van der Waals surface area (Å²) < 4.78 is 134. The van der Waals surface area contributed by atoms with Crippen LogP contribution in [0, 0.1) is 0 Å². The van der Waals surface area contributed by atoms with Gasteiger partial charge in [0.05, 0.1) is 25.7 Å². The monoisotopic (exact) mass is 710 g/mol. The van der Waals surface area contributed by atoms with Crippen LogP contribution < -0.4 is 20.4 Å². The second kappa shape index (κ2) is 19.6. The van der Waals surface area contributed by atoms with Crippen molar-refractivity contribution < 1.29 is 138 Å². The Labute approximate surface area is 235 Å². The summed E-state index contributed by atoms with van der Waals surface area (Å²) in [6.45, 7) is 0. The zero-order chi connectivity index (χ0) is 33.4. The molecular formula is C16H8F12O12Zr. The molecule has 0 aliphatic rings. The van der Waals surface area contributed by atoms with Crippen molar-refractivity contribution in [3.8, 4) is 0 Å². The fourth-order valence-corrected chi connectivity index (χ4v) is 0.925. The van der Waals surface area contributed by atoms with Crippen LogP contribution in [0.2, 0.25) is 0 Å². The number of carboxylic acids is 4. The van der Waals surface area contributed by atoms with E-state index in [1.54, 1.807) is 0 Å². The molecular weight excluding hydrogens is 703 g/mol. The largest absolute Gasteiger partial charge is 4.00 e. The Morgan fingerprint density at radius 1 is 0.341 bits per heavy atom. The predicted molar refractivity (Wildman–Crippen MR) is 82.7 cm³/mol. The molecule has 25 heteroatoms. The molecule has 0 aromatic carbocycles. The summed E-state index contributed by atoms with van der Waals surface area (Å²) in [7, 11) is 0. The van der Waals surface area contributed by atoms with Crippen LogP contribution in [-0.2, 0) is 64.6 Å². The van der Waals surface area contributed by atoms with Crippen LogP contribution in [0.25, 0.3) is 0 Å². The topological polar surface area (TPSA) is 229 Å². The molecule has 0 atom stereocenters. The molecule has 0 rings (SSSR count). The molecule has 0 radical (unpaired) electrons. The molecule has 0 heterocycles. The number of hydrogen-bond donors (Lipinski definition) is 0. The Bertz CT molecular complexity index is 797. The van der Waals surface area contributed by atoms with E-state index in [4.69, 9.17) is 0 Å². The van der Waals surface area contributed by atoms with Gasteiger partial charge in [0.25, 0.3) is 0 Å². The van der Waals surface area contributed by atoms with E-state index in [0.29, 0.717) is 0 Å². The third-order valence-electron chi connectivity index (χ3n) is 2.48. The number of halogens is 12. The number of hydrogen-bond acceptors (Lipinski definition) is 12. The van der Waals surface area contributed by atoms with Gasteiger partial charge in [-0.1, -0.05) is 0 Å². The summed E-state index contributed by atoms with van der Waals surface area (Å²) in [4.78, 5) is 76.6. The zero-order valence-electron chi connectivity index (χ0n) is 18.8. The Kier molecular flexibility index (Phi) is 22.7. The van der Waals surface area contributed by atoms with Gasteiger partial charge in [-0.15, -0.1) is 0 Å². The van der Waals surface area contributed by atoms with Crippen LogP contribution in [0.1, 0.15) is 25.7 Å². The van der Waals surface area contributed by atoms with Crippen LogP contribution in [0.3, 0.4) is 0 Å². The van der Waals surface area contributed by atoms with Crippen molar-refractivity contribution in [2.45, 2.75) is 50.4 Å². The van der Waals surface area contributed by atoms with Crippen molar-refractivity contribution in [3.63, 3.8) is 0 Å². The van der Waals surface area contributed by atoms with Crippen molar-refractivity contribution in [3.05, 3.63) is 0 Å². The van der Waals surface area contributed by atoms with E-state index < -0.39 is 97.4 Å². The summed E-state index contributed by atoms with van der Waals surface area (Å²) in [5.74, 6) is -17.3. The van der Waals surface area contributed by atoms with E-state index in [-0.39, 0.29) is 26.2 Å². The average Bonchev–Trinajstić information content (AvgIpc) is 2.64. The fraction of sp³-hybridized carbons (Fsp3) is 0.500. The quantitative estimate of drug-likeness (QED) is 0.182. The zero-order valence-corrected chi connectivity index (χ0v) is 21.2. The van der Waals surface area contributed by atoms with Crippen LogP contribution in [0.5, 0.6) is 0 Å². The van der Waals surface area contributed by atoms with Gasteiger partial charge in [0.15, 0.2) is 0 Å². The van der Waals surface area contributed by atoms with Gasteiger partial charge in [0, 0.05) is 23.9 Å². The minimum atomic E-state index is -5.07. The number of alkyl halides is 12. The van der Waals surface area contributed by atoms with Crippen molar-refractivity contribution in [2.75, 3.05) is 0 Å². The molecule has 0 aromatic heterocycles. The maximum Gasteiger partial charge on any atom is 4.00 e. The molecule has 0 saturated heterocycles. The standard InChI is InChI=1S/4C4H3F3O3.Zr/c4*5-4(6,7)2(8)1-3(9)10;/h4*1H2,(H,9,10);/q;;;;+4/p-4. The van der Waals surface area contributed by atoms with Gasteiger partial charge < -0.3 is 39.6 Å². The first kappa shape index (κ1) is 47.4. The smallest absolute Gasteiger partial charge is 0.550 e. The van der Waals surface area contributed by atoms with E-state index in [1.807, 2.05) is 0 Å². The number of carboxylic acid groups (broad SMARTS) is 4. The number of carbonyl (C=O) groups excluding carboxylic acids is 8. The predicted octanol–water partition coefficient (Wildman–Crippen LogP) is -2.97. The van der Waals surface area contributed by atoms with Crippen molar-refractivity contribution in [1.82, 2.24) is 0 Å². The summed E-state index contributed by atoms with van der Waals surface area (Å²) >= 11 is 0. The number of ketones is 4. The van der Waals surface area contributed by atoms with Gasteiger partial charge in [-0.05, 0) is 0 Å². The maximum absolute atomic E-state index is 11.2. The molecule has 41 heavy (non-hydrogen) atoms. The number of rotatable bonds is 8. The SMILES string of the molecule is O=C([O-])CC(=O)C(F)(F)F.O=C([O-])CC(=O)C(F)(F)F.O=C([O-])CC(=O)C(F)(F)F.O=C([O-])CC(=O)C(F)(F)F.[Zr+4]. The average molecular weight is 711 g/mol. The van der Waals surface area contributed by atoms with Crippen molar-refractivity contribution >= 4 is 47.0 Å². The summed E-state index contributed by atoms with van der Waals surface area (Å²) in [6.07, 6.45) is -26.7. The first-order valence-electron chi connectivity index (χ1n) is 8.55. The van der Waals surface area contributed by atoms with E-state index in [2.05, 4.69) is 0 Å². The first-order valence-corrected chi connectivity index (χ1v) is 8.55. The number of Topliss-reactive ketones (excluding diaryl/α,β-unsaturated/α-hetero) is 4. The molecule has 0 aromatic rings. The van der Waals surface area contributed by atoms with E-state index in [0.717, 1.165) is 0 Å². The summed E-state index contributed by atoms with van der Waals surface area (Å²) in [5.41, 5.74) is 0. The van der Waals surface area contributed by atoms with Gasteiger partial charge >= 0.3 is 50.9 Å². The normalized spacial score (nSPS) is 10.8. The summed E-state index contributed by atoms with van der Waals surface area (Å²) in [6, 6.07) is 0. The minimum absolute atomic E-state index is 0. The van der Waals surface area contributed by atoms with Gasteiger partial charge in [-0.2, -0.15) is 52.7 Å². The van der Waals surface area contributed by atoms with Crippen molar-refractivity contribution in [1.29, 1.82) is 0 Å². The van der Waals surface area contributed by atoms with Gasteiger partial charge in [-0.3, -0.25) is 19.2 Å². The molecule has 0 N–H and O–H groups in total. The molecule has 0 amide bonds. The fourth-order valence-electron chi connectivity index (χ4n) is 0.925. The summed E-state index contributed by atoms with van der Waals surface area (Å²) in [5, 5.41) is 37.7. The third kappa shape index (κ3) is 32.7. The molecule has 0 aliphatic heterocycles. The number of carbonyl (C=O) groups is 8. The van der Waals surface area contributed by atoms with Gasteiger partial charge in [0.2, 0.25) is 23.1 Å². The molecule has 12 nitrogen and oxygen atoms in total. The molecule has 232 valence electrons. The minimum Gasteiger partial charge on any atom is -0.550 e. The Balaban J connectivity index is -0.000000139. The second-order valence-electron chi connectivity index (χ2n) is 5.88. The second-order valence-corrected chi connectivity index (χ2v) is 5.88. The number of aliphatic carboxylic acids is 4. The first-order chi connectivity index (χ1) is 17.3. The van der Waals surface area contributed by atoms with E-state index in [1.165, 1.54) is 0 Å². The Morgan fingerprint density at radius 3 is 0.463 bits per heavy atom. The third-order valence-corrected chi connectivity index (χ3v) is 2.48. The molecule has 0 unspecified atom stereocenters. The maximum atomic E-state index is 11.2. The van der Waals surface area contributed by atoms with E-state index in [9.17, 15) is 111 Å². The Hall–Kier alpha value is -3.40. The molecule has 0 saturated carbocycles. The van der Waals surface area contributed by atoms with Gasteiger partial charge in [0.1, 0.15) is 0 Å². The molecule has 0 aliphatic carbocycles. The van der Waals surface area contributed by atoms with Crippen LogP contribution in [0.15, 0.2) is 0 Å². The van der Waals surface area contributed by atoms with Crippen LogP contribution in [-0.4, -0.2) is 71.7 Å². The molecule has 0 bridgehead atoms. The van der Waals surface area contributed by atoms with E-state index >= 15 is 0 Å². The Morgan fingerprint density at radius 2 is 0.439 bits per heavy atom. The van der Waals surface area contributed by atoms with Gasteiger partial charge in [-0.25, -0.2) is 0 Å². The molecule has 0 spiro atoms. The van der Waals surface area contributed by atoms with Crippen LogP contribution in [0.4, 0.5) is 52.7 Å². The molecule has 0 fully saturated rings. The van der Waals surface area contributed by atoms with Crippen LogP contribution >= 0.6 is 0 Å².